The summed E-state index contributed by atoms with van der Waals surface area (Å²) in [5.74, 6) is 2.09. The van der Waals surface area contributed by atoms with Gasteiger partial charge in [-0.05, 0) is 98.2 Å². The number of hydrogen-bond acceptors (Lipinski definition) is 9. The van der Waals surface area contributed by atoms with E-state index in [0.29, 0.717) is 38.0 Å². The van der Waals surface area contributed by atoms with E-state index < -0.39 is 23.8 Å². The summed E-state index contributed by atoms with van der Waals surface area (Å²) in [7, 11) is 2.93. The Hall–Kier alpha value is -5.63. The molecule has 314 valence electrons. The molecular weight excluding hydrogens is 751 g/mol. The lowest BCUT2D eigenvalue weighted by Gasteiger charge is -2.34. The number of carbonyl (C=O) groups is 3. The third-order valence-electron chi connectivity index (χ3n) is 11.2. The Kier molecular flexibility index (Phi) is 11.7. The van der Waals surface area contributed by atoms with Gasteiger partial charge in [0.2, 0.25) is 5.91 Å². The van der Waals surface area contributed by atoms with Gasteiger partial charge in [0.05, 0.1) is 48.7 Å². The molecular formula is C45H57N7O7. The van der Waals surface area contributed by atoms with Gasteiger partial charge in [0.1, 0.15) is 35.6 Å². The monoisotopic (exact) mass is 807 g/mol. The summed E-state index contributed by atoms with van der Waals surface area (Å²) < 4.78 is 22.4. The number of hydrogen-bond donors (Lipinski definition) is 3. The van der Waals surface area contributed by atoms with Crippen LogP contribution in [-0.4, -0.2) is 93.4 Å². The molecule has 0 saturated carbocycles. The Labute approximate surface area is 345 Å². The largest absolute Gasteiger partial charge is 0.488 e. The number of aromatic amines is 2. The van der Waals surface area contributed by atoms with E-state index in [0.717, 1.165) is 67.7 Å². The highest BCUT2D eigenvalue weighted by molar-refractivity contribution is 6.07. The molecule has 2 aliphatic rings. The summed E-state index contributed by atoms with van der Waals surface area (Å²) in [6, 6.07) is 13.2. The topological polar surface area (TPSA) is 164 Å². The maximum absolute atomic E-state index is 14.2. The highest BCUT2D eigenvalue weighted by Gasteiger charge is 2.39. The number of amides is 3. The van der Waals surface area contributed by atoms with Crippen LogP contribution in [0.25, 0.3) is 44.2 Å². The van der Waals surface area contributed by atoms with Crippen LogP contribution in [0.15, 0.2) is 48.7 Å². The highest BCUT2D eigenvalue weighted by atomic mass is 16.6. The lowest BCUT2D eigenvalue weighted by Crippen LogP contribution is -2.53. The highest BCUT2D eigenvalue weighted by Crippen LogP contribution is 2.43. The molecule has 3 N–H and O–H groups in total. The fraction of sp³-hybridized carbons (Fsp3) is 0.489. The molecule has 5 atom stereocenters. The number of nitrogens with one attached hydrogen (secondary N) is 3. The van der Waals surface area contributed by atoms with Crippen LogP contribution in [0.3, 0.4) is 0 Å². The maximum atomic E-state index is 14.2. The van der Waals surface area contributed by atoms with Crippen LogP contribution in [0.5, 0.6) is 5.75 Å². The number of aromatic nitrogens is 4. The Morgan fingerprint density at radius 2 is 1.81 bits per heavy atom. The fourth-order valence-electron chi connectivity index (χ4n) is 8.29. The molecule has 4 heterocycles. The first kappa shape index (κ1) is 41.5. The van der Waals surface area contributed by atoms with Crippen LogP contribution in [-0.2, 0) is 25.6 Å². The first-order valence-electron chi connectivity index (χ1n) is 20.5. The molecule has 59 heavy (non-hydrogen) atoms. The molecule has 0 aliphatic carbocycles. The van der Waals surface area contributed by atoms with Crippen molar-refractivity contribution in [1.29, 1.82) is 0 Å². The Morgan fingerprint density at radius 1 is 1.03 bits per heavy atom. The standard InChI is InChI=1S/C45H57N7O7/c1-24(2)38(50-43(54)57-10)42(53)51(21-26(4)22-56-9)27(5)40-47-34-14-12-28-17-33-31-13-11-29(16-30(31)23-58-37(33)18-32(28)39(34)49-40)35-19-46-41(48-35)36-15-25(3)20-52(36)44(55)59-45(6,7)8/h11-14,16-19,24-27,36,38H,15,20-23H2,1-10H3,(H,46,48)(H,47,49)(H,50,54)/t25-,26-,27-,36-,38-/m0/s1. The maximum Gasteiger partial charge on any atom is 0.410 e. The average Bonchev–Trinajstić information content (AvgIpc) is 3.95. The normalized spacial score (nSPS) is 17.9. The molecule has 2 aromatic heterocycles. The molecule has 3 aromatic carbocycles. The van der Waals surface area contributed by atoms with Gasteiger partial charge in [-0.2, -0.15) is 0 Å². The molecule has 7 rings (SSSR count). The number of fused-ring (bicyclic) bond motifs is 6. The third-order valence-corrected chi connectivity index (χ3v) is 11.2. The molecule has 1 saturated heterocycles. The number of rotatable bonds is 11. The predicted molar refractivity (Wildman–Crippen MR) is 226 cm³/mol. The third kappa shape index (κ3) is 8.59. The Bertz CT molecular complexity index is 2360. The number of H-pyrrole nitrogens is 2. The fourth-order valence-corrected chi connectivity index (χ4v) is 8.29. The Morgan fingerprint density at radius 3 is 2.53 bits per heavy atom. The van der Waals surface area contributed by atoms with Crippen molar-refractivity contribution in [2.75, 3.05) is 33.9 Å². The lowest BCUT2D eigenvalue weighted by atomic mass is 9.92. The smallest absolute Gasteiger partial charge is 0.410 e. The van der Waals surface area contributed by atoms with E-state index >= 15 is 0 Å². The van der Waals surface area contributed by atoms with Crippen LogP contribution in [0, 0.1) is 17.8 Å². The molecule has 14 heteroatoms. The Balaban J connectivity index is 1.16. The molecule has 0 unspecified atom stereocenters. The summed E-state index contributed by atoms with van der Waals surface area (Å²) in [6.07, 6.45) is 1.66. The minimum Gasteiger partial charge on any atom is -0.488 e. The van der Waals surface area contributed by atoms with Crippen LogP contribution >= 0.6 is 0 Å². The second-order valence-electron chi connectivity index (χ2n) is 17.6. The number of likely N-dealkylation sites (tertiary alicyclic amines) is 1. The SMILES string of the molecule is COC[C@@H](C)CN(C(=O)[C@@H](NC(=O)OC)C(C)C)[C@@H](C)c1nc2c(ccc3cc4c(cc32)OCc2cc(-c3cnc([C@@H]5C[C@H](C)CN5C(=O)OC(C)(C)C)[nH]3)ccc2-4)[nH]1. The zero-order valence-electron chi connectivity index (χ0n) is 35.8. The summed E-state index contributed by atoms with van der Waals surface area (Å²) in [5.41, 5.74) is 6.03. The van der Waals surface area contributed by atoms with Crippen LogP contribution in [0.4, 0.5) is 9.59 Å². The zero-order chi connectivity index (χ0) is 42.3. The van der Waals surface area contributed by atoms with Gasteiger partial charge < -0.3 is 39.1 Å². The number of imidazole rings is 2. The van der Waals surface area contributed by atoms with E-state index in [2.05, 4.69) is 58.6 Å². The van der Waals surface area contributed by atoms with Gasteiger partial charge in [0.25, 0.3) is 0 Å². The molecule has 3 amide bonds. The molecule has 14 nitrogen and oxygen atoms in total. The summed E-state index contributed by atoms with van der Waals surface area (Å²) in [4.78, 5) is 59.8. The number of benzene rings is 3. The predicted octanol–water partition coefficient (Wildman–Crippen LogP) is 8.54. The van der Waals surface area contributed by atoms with Crippen molar-refractivity contribution in [3.8, 4) is 28.1 Å². The van der Waals surface area contributed by atoms with E-state index in [-0.39, 0.29) is 29.9 Å². The average molecular weight is 808 g/mol. The van der Waals surface area contributed by atoms with Gasteiger partial charge in [-0.1, -0.05) is 45.9 Å². The van der Waals surface area contributed by atoms with Crippen molar-refractivity contribution >= 4 is 39.9 Å². The molecule has 1 fully saturated rings. The molecule has 0 radical (unpaired) electrons. The van der Waals surface area contributed by atoms with Gasteiger partial charge in [0, 0.05) is 31.1 Å². The minimum absolute atomic E-state index is 0.0275. The quantitative estimate of drug-likeness (QED) is 0.119. The van der Waals surface area contributed by atoms with Gasteiger partial charge in [-0.3, -0.25) is 9.69 Å². The minimum atomic E-state index is -0.790. The number of methoxy groups -OCH3 is 2. The van der Waals surface area contributed by atoms with Gasteiger partial charge in [-0.15, -0.1) is 0 Å². The lowest BCUT2D eigenvalue weighted by molar-refractivity contribution is -0.137. The number of nitrogens with zero attached hydrogens (tertiary/aromatic N) is 4. The summed E-state index contributed by atoms with van der Waals surface area (Å²) >= 11 is 0. The zero-order valence-corrected chi connectivity index (χ0v) is 35.8. The van der Waals surface area contributed by atoms with E-state index in [1.807, 2.05) is 60.7 Å². The van der Waals surface area contributed by atoms with Gasteiger partial charge in [0.15, 0.2) is 0 Å². The second-order valence-corrected chi connectivity index (χ2v) is 17.6. The molecule has 5 aromatic rings. The van der Waals surface area contributed by atoms with Crippen molar-refractivity contribution < 1.29 is 33.3 Å². The van der Waals surface area contributed by atoms with E-state index in [1.165, 1.54) is 7.11 Å². The van der Waals surface area contributed by atoms with Crippen molar-refractivity contribution in [1.82, 2.24) is 35.1 Å². The van der Waals surface area contributed by atoms with Crippen molar-refractivity contribution in [2.45, 2.75) is 92.1 Å². The van der Waals surface area contributed by atoms with Crippen molar-refractivity contribution in [2.24, 2.45) is 17.8 Å². The number of alkyl carbamates (subject to hydrolysis) is 1. The van der Waals surface area contributed by atoms with Gasteiger partial charge >= 0.3 is 12.2 Å². The number of ether oxygens (including phenoxy) is 4. The van der Waals surface area contributed by atoms with E-state index in [4.69, 9.17) is 28.9 Å². The van der Waals surface area contributed by atoms with Gasteiger partial charge in [-0.25, -0.2) is 19.6 Å². The molecule has 0 spiro atoms. The molecule has 2 aliphatic heterocycles. The van der Waals surface area contributed by atoms with E-state index in [9.17, 15) is 14.4 Å². The summed E-state index contributed by atoms with van der Waals surface area (Å²) in [5, 5.41) is 4.67. The first-order chi connectivity index (χ1) is 28.0. The number of carbonyl (C=O) groups excluding carboxylic acids is 3. The van der Waals surface area contributed by atoms with Crippen molar-refractivity contribution in [3.63, 3.8) is 0 Å². The summed E-state index contributed by atoms with van der Waals surface area (Å²) in [6.45, 7) is 17.4. The van der Waals surface area contributed by atoms with Crippen LogP contribution < -0.4 is 10.1 Å². The van der Waals surface area contributed by atoms with Crippen LogP contribution in [0.1, 0.15) is 91.1 Å². The van der Waals surface area contributed by atoms with Crippen molar-refractivity contribution in [3.05, 3.63) is 65.9 Å². The first-order valence-corrected chi connectivity index (χ1v) is 20.5. The van der Waals surface area contributed by atoms with E-state index in [1.54, 1.807) is 16.9 Å². The van der Waals surface area contributed by atoms with Crippen LogP contribution in [0.2, 0.25) is 0 Å². The second kappa shape index (κ2) is 16.6. The molecule has 0 bridgehead atoms.